The van der Waals surface area contributed by atoms with Gasteiger partial charge in [0, 0.05) is 18.8 Å². The number of nitrogens with zero attached hydrogens (tertiary/aromatic N) is 1. The number of morpholine rings is 1. The molecule has 1 aromatic carbocycles. The second kappa shape index (κ2) is 3.94. The number of nitrogens with one attached hydrogen (secondary N) is 1. The molecule has 5 heteroatoms. The molecule has 1 aliphatic rings. The fraction of sp³-hybridized carbons (Fsp3) is 0.400. The molecule has 82 valence electrons. The summed E-state index contributed by atoms with van der Waals surface area (Å²) in [7, 11) is 0. The van der Waals surface area contributed by atoms with Crippen molar-refractivity contribution in [3.63, 3.8) is 0 Å². The van der Waals surface area contributed by atoms with Crippen LogP contribution in [-0.4, -0.2) is 26.3 Å². The molecule has 15 heavy (non-hydrogen) atoms. The summed E-state index contributed by atoms with van der Waals surface area (Å²) in [5.41, 5.74) is 13.8. The highest BCUT2D eigenvalue weighted by Gasteiger charge is 2.15. The van der Waals surface area contributed by atoms with Gasteiger partial charge >= 0.3 is 0 Å². The maximum absolute atomic E-state index is 13.6. The summed E-state index contributed by atoms with van der Waals surface area (Å²) in [6, 6.07) is 2.67. The highest BCUT2D eigenvalue weighted by atomic mass is 19.1. The van der Waals surface area contributed by atoms with Crippen LogP contribution in [0.1, 0.15) is 0 Å². The van der Waals surface area contributed by atoms with Crippen LogP contribution in [0.5, 0.6) is 0 Å². The summed E-state index contributed by atoms with van der Waals surface area (Å²) in [5.74, 6) is -0.370. The van der Waals surface area contributed by atoms with Gasteiger partial charge in [0.1, 0.15) is 5.82 Å². The molecule has 4 nitrogen and oxygen atoms in total. The Morgan fingerprint density at radius 1 is 1.33 bits per heavy atom. The lowest BCUT2D eigenvalue weighted by atomic mass is 10.2. The van der Waals surface area contributed by atoms with E-state index in [2.05, 4.69) is 0 Å². The fourth-order valence-electron chi connectivity index (χ4n) is 1.62. The molecule has 0 radical (unpaired) electrons. The quantitative estimate of drug-likeness (QED) is 0.720. The van der Waals surface area contributed by atoms with Gasteiger partial charge in [0.2, 0.25) is 0 Å². The molecule has 0 aliphatic carbocycles. The Bertz CT molecular complexity index is 364. The van der Waals surface area contributed by atoms with Crippen LogP contribution in [0.15, 0.2) is 12.1 Å². The average molecular weight is 210 g/mol. The smallest absolute Gasteiger partial charge is 0.148 e. The number of hydrogen-bond acceptors (Lipinski definition) is 3. The van der Waals surface area contributed by atoms with E-state index in [0.717, 1.165) is 0 Å². The first-order chi connectivity index (χ1) is 7.18. The number of hydrogen-bond donors (Lipinski definition) is 1. The Balaban J connectivity index is 2.30. The van der Waals surface area contributed by atoms with Gasteiger partial charge < -0.3 is 21.1 Å². The van der Waals surface area contributed by atoms with Gasteiger partial charge in [0.25, 0.3) is 0 Å². The summed E-state index contributed by atoms with van der Waals surface area (Å²) in [6.07, 6.45) is 0. The van der Waals surface area contributed by atoms with E-state index in [1.807, 2.05) is 4.90 Å². The molecule has 1 saturated heterocycles. The lowest BCUT2D eigenvalue weighted by molar-refractivity contribution is 0.122. The van der Waals surface area contributed by atoms with Crippen LogP contribution in [0.3, 0.4) is 0 Å². The Kier molecular flexibility index (Phi) is 2.64. The molecular formula is C10H13FN3O-. The molecule has 0 amide bonds. The molecule has 1 aromatic rings. The van der Waals surface area contributed by atoms with Gasteiger partial charge in [-0.3, -0.25) is 0 Å². The summed E-state index contributed by atoms with van der Waals surface area (Å²) < 4.78 is 18.7. The monoisotopic (exact) mass is 210 g/mol. The van der Waals surface area contributed by atoms with Gasteiger partial charge in [0.15, 0.2) is 0 Å². The average Bonchev–Trinajstić information content (AvgIpc) is 2.25. The number of anilines is 2. The lowest BCUT2D eigenvalue weighted by Gasteiger charge is -2.30. The molecular weight excluding hydrogens is 197 g/mol. The van der Waals surface area contributed by atoms with Gasteiger partial charge in [-0.1, -0.05) is 0 Å². The maximum atomic E-state index is 13.6. The van der Waals surface area contributed by atoms with Crippen molar-refractivity contribution in [2.45, 2.75) is 0 Å². The van der Waals surface area contributed by atoms with Crippen LogP contribution in [0.4, 0.5) is 21.5 Å². The van der Waals surface area contributed by atoms with Gasteiger partial charge in [-0.2, -0.15) is 0 Å². The van der Waals surface area contributed by atoms with E-state index in [1.165, 1.54) is 12.1 Å². The predicted molar refractivity (Wildman–Crippen MR) is 57.8 cm³/mol. The van der Waals surface area contributed by atoms with Crippen molar-refractivity contribution >= 4 is 17.1 Å². The molecule has 0 aromatic heterocycles. The number of rotatable bonds is 1. The van der Waals surface area contributed by atoms with Gasteiger partial charge in [-0.15, -0.1) is 5.69 Å². The molecule has 0 atom stereocenters. The highest BCUT2D eigenvalue weighted by molar-refractivity contribution is 5.72. The SMILES string of the molecule is [NH-]c1cc(N2CCOCC2)c(F)cc1N. The minimum absolute atomic E-state index is 0.165. The number of benzene rings is 1. The summed E-state index contributed by atoms with van der Waals surface area (Å²) >= 11 is 0. The number of nitrogens with two attached hydrogens (primary N) is 1. The third-order valence-corrected chi connectivity index (χ3v) is 2.47. The molecule has 3 N–H and O–H groups in total. The highest BCUT2D eigenvalue weighted by Crippen LogP contribution is 2.30. The minimum atomic E-state index is -0.370. The third kappa shape index (κ3) is 1.97. The minimum Gasteiger partial charge on any atom is -0.697 e. The van der Waals surface area contributed by atoms with E-state index >= 15 is 0 Å². The van der Waals surface area contributed by atoms with Gasteiger partial charge in [-0.05, 0) is 12.1 Å². The van der Waals surface area contributed by atoms with Crippen LogP contribution in [-0.2, 0) is 4.74 Å². The van der Waals surface area contributed by atoms with Crippen molar-refractivity contribution in [1.82, 2.24) is 0 Å². The van der Waals surface area contributed by atoms with Crippen LogP contribution in [0, 0.1) is 5.82 Å². The van der Waals surface area contributed by atoms with E-state index in [9.17, 15) is 4.39 Å². The number of ether oxygens (including phenoxy) is 1. The first-order valence-corrected chi connectivity index (χ1v) is 4.82. The first-order valence-electron chi connectivity index (χ1n) is 4.82. The Morgan fingerprint density at radius 2 is 2.00 bits per heavy atom. The largest absolute Gasteiger partial charge is 0.697 e. The van der Waals surface area contributed by atoms with Crippen LogP contribution >= 0.6 is 0 Å². The van der Waals surface area contributed by atoms with E-state index in [1.54, 1.807) is 0 Å². The molecule has 0 saturated carbocycles. The van der Waals surface area contributed by atoms with E-state index in [0.29, 0.717) is 32.0 Å². The second-order valence-electron chi connectivity index (χ2n) is 3.49. The first kappa shape index (κ1) is 10.0. The standard InChI is InChI=1S/C10H13FN3O/c11-7-5-8(12)9(13)6-10(7)14-1-3-15-4-2-14/h5-6,13H,1-4,12H2/q-1. The zero-order chi connectivity index (χ0) is 10.8. The van der Waals surface area contributed by atoms with E-state index < -0.39 is 0 Å². The number of nitrogen functional groups attached to an aromatic ring is 1. The summed E-state index contributed by atoms with van der Waals surface area (Å²) in [4.78, 5) is 1.87. The van der Waals surface area contributed by atoms with Crippen molar-refractivity contribution in [2.75, 3.05) is 36.9 Å². The zero-order valence-corrected chi connectivity index (χ0v) is 8.29. The van der Waals surface area contributed by atoms with Crippen molar-refractivity contribution in [2.24, 2.45) is 0 Å². The summed E-state index contributed by atoms with van der Waals surface area (Å²) in [6.45, 7) is 2.49. The molecule has 2 rings (SSSR count). The van der Waals surface area contributed by atoms with Crippen molar-refractivity contribution < 1.29 is 9.13 Å². The van der Waals surface area contributed by atoms with Crippen LogP contribution in [0.25, 0.3) is 5.73 Å². The maximum Gasteiger partial charge on any atom is 0.148 e. The fourth-order valence-corrected chi connectivity index (χ4v) is 1.62. The number of halogens is 1. The molecule has 1 aliphatic heterocycles. The Morgan fingerprint density at radius 3 is 2.67 bits per heavy atom. The molecule has 1 fully saturated rings. The Labute approximate surface area is 87.6 Å². The van der Waals surface area contributed by atoms with Crippen molar-refractivity contribution in [3.8, 4) is 0 Å². The van der Waals surface area contributed by atoms with Crippen LogP contribution in [0.2, 0.25) is 0 Å². The van der Waals surface area contributed by atoms with Gasteiger partial charge in [-0.25, -0.2) is 4.39 Å². The molecule has 1 heterocycles. The molecule has 0 unspecified atom stereocenters. The Hall–Kier alpha value is -1.49. The van der Waals surface area contributed by atoms with Crippen LogP contribution < -0.4 is 10.6 Å². The predicted octanol–water partition coefficient (Wildman–Crippen LogP) is 1.93. The summed E-state index contributed by atoms with van der Waals surface area (Å²) in [5, 5.41) is 0. The normalized spacial score (nSPS) is 16.7. The molecule has 0 spiro atoms. The van der Waals surface area contributed by atoms with Crippen molar-refractivity contribution in [1.29, 1.82) is 0 Å². The van der Waals surface area contributed by atoms with Gasteiger partial charge in [0.05, 0.1) is 18.9 Å². The van der Waals surface area contributed by atoms with Crippen molar-refractivity contribution in [3.05, 3.63) is 23.7 Å². The van der Waals surface area contributed by atoms with E-state index in [-0.39, 0.29) is 17.2 Å². The lowest BCUT2D eigenvalue weighted by Crippen LogP contribution is -2.36. The van der Waals surface area contributed by atoms with E-state index in [4.69, 9.17) is 16.2 Å². The molecule has 0 bridgehead atoms. The zero-order valence-electron chi connectivity index (χ0n) is 8.29. The topological polar surface area (TPSA) is 62.3 Å². The third-order valence-electron chi connectivity index (χ3n) is 2.47. The second-order valence-corrected chi connectivity index (χ2v) is 3.49.